The smallest absolute Gasteiger partial charge is 0.227 e. The highest BCUT2D eigenvalue weighted by Gasteiger charge is 2.40. The third kappa shape index (κ3) is 5.17. The van der Waals surface area contributed by atoms with E-state index in [0.29, 0.717) is 23.1 Å². The van der Waals surface area contributed by atoms with Gasteiger partial charge in [0.2, 0.25) is 15.9 Å². The van der Waals surface area contributed by atoms with Crippen molar-refractivity contribution in [1.29, 1.82) is 0 Å². The number of nitrogens with two attached hydrogens (primary N) is 2. The van der Waals surface area contributed by atoms with Crippen molar-refractivity contribution < 1.29 is 13.2 Å². The average Bonchev–Trinajstić information content (AvgIpc) is 2.45. The molecule has 1 amide bonds. The molecule has 2 atom stereocenters. The Balaban J connectivity index is 0.00000225. The largest absolute Gasteiger partial charge is 0.327 e. The Bertz CT molecular complexity index is 712. The van der Waals surface area contributed by atoms with Gasteiger partial charge in [0.25, 0.3) is 0 Å². The van der Waals surface area contributed by atoms with E-state index in [1.54, 1.807) is 24.3 Å². The SMILES string of the molecule is Cl.NC1C2CCCC1CC(C(=O)Nc1cccc(CS(N)(=O)=O)c1)C2. The standard InChI is InChI=1S/C17H25N3O3S.ClH/c18-16-12-4-2-5-13(16)9-14(8-12)17(21)20-15-6-1-3-11(7-15)10-24(19,22)23;/h1,3,6-7,12-14,16H,2,4-5,8-10,18H2,(H,20,21)(H2,19,22,23);1H. The molecule has 6 nitrogen and oxygen atoms in total. The predicted molar refractivity (Wildman–Crippen MR) is 101 cm³/mol. The van der Waals surface area contributed by atoms with Gasteiger partial charge in [-0.2, -0.15) is 0 Å². The van der Waals surface area contributed by atoms with Crippen LogP contribution in [0, 0.1) is 17.8 Å². The molecule has 1 aromatic carbocycles. The van der Waals surface area contributed by atoms with Crippen LogP contribution in [0.1, 0.15) is 37.7 Å². The molecule has 2 fully saturated rings. The lowest BCUT2D eigenvalue weighted by molar-refractivity contribution is -0.122. The summed E-state index contributed by atoms with van der Waals surface area (Å²) in [6, 6.07) is 7.07. The number of hydrogen-bond acceptors (Lipinski definition) is 4. The molecule has 5 N–H and O–H groups in total. The van der Waals surface area contributed by atoms with E-state index in [4.69, 9.17) is 10.9 Å². The summed E-state index contributed by atoms with van der Waals surface area (Å²) in [6.07, 6.45) is 5.14. The number of sulfonamides is 1. The summed E-state index contributed by atoms with van der Waals surface area (Å²) < 4.78 is 22.4. The Morgan fingerprint density at radius 2 is 1.84 bits per heavy atom. The van der Waals surface area contributed by atoms with E-state index in [2.05, 4.69) is 5.32 Å². The summed E-state index contributed by atoms with van der Waals surface area (Å²) in [6.45, 7) is 0. The molecule has 0 saturated heterocycles. The molecule has 2 bridgehead atoms. The van der Waals surface area contributed by atoms with E-state index in [0.717, 1.165) is 25.7 Å². The zero-order chi connectivity index (χ0) is 17.3. The summed E-state index contributed by atoms with van der Waals surface area (Å²) in [4.78, 5) is 12.6. The monoisotopic (exact) mass is 387 g/mol. The molecule has 25 heavy (non-hydrogen) atoms. The van der Waals surface area contributed by atoms with Crippen molar-refractivity contribution in [2.24, 2.45) is 28.6 Å². The summed E-state index contributed by atoms with van der Waals surface area (Å²) >= 11 is 0. The molecule has 2 aliphatic rings. The van der Waals surface area contributed by atoms with E-state index in [1.165, 1.54) is 6.42 Å². The first-order valence-electron chi connectivity index (χ1n) is 8.47. The molecule has 8 heteroatoms. The number of anilines is 1. The first kappa shape index (κ1) is 20.2. The van der Waals surface area contributed by atoms with Gasteiger partial charge in [-0.25, -0.2) is 13.6 Å². The van der Waals surface area contributed by atoms with E-state index in [-0.39, 0.29) is 36.0 Å². The van der Waals surface area contributed by atoms with Crippen LogP contribution in [-0.2, 0) is 20.6 Å². The first-order valence-corrected chi connectivity index (χ1v) is 10.2. The van der Waals surface area contributed by atoms with Crippen molar-refractivity contribution in [3.8, 4) is 0 Å². The highest BCUT2D eigenvalue weighted by Crippen LogP contribution is 2.42. The van der Waals surface area contributed by atoms with Gasteiger partial charge in [-0.05, 0) is 55.2 Å². The summed E-state index contributed by atoms with van der Waals surface area (Å²) in [5, 5.41) is 8.00. The van der Waals surface area contributed by atoms with Crippen LogP contribution in [-0.4, -0.2) is 20.4 Å². The van der Waals surface area contributed by atoms with Crippen LogP contribution in [0.5, 0.6) is 0 Å². The highest BCUT2D eigenvalue weighted by atomic mass is 35.5. The van der Waals surface area contributed by atoms with Crippen LogP contribution in [0.3, 0.4) is 0 Å². The van der Waals surface area contributed by atoms with Crippen molar-refractivity contribution in [2.45, 2.75) is 43.9 Å². The number of primary sulfonamides is 1. The van der Waals surface area contributed by atoms with Crippen molar-refractivity contribution in [2.75, 3.05) is 5.32 Å². The van der Waals surface area contributed by atoms with Crippen LogP contribution in [0.25, 0.3) is 0 Å². The van der Waals surface area contributed by atoms with Crippen molar-refractivity contribution in [1.82, 2.24) is 0 Å². The second-order valence-corrected chi connectivity index (χ2v) is 8.81. The maximum atomic E-state index is 12.6. The van der Waals surface area contributed by atoms with E-state index >= 15 is 0 Å². The Morgan fingerprint density at radius 1 is 1.20 bits per heavy atom. The zero-order valence-electron chi connectivity index (χ0n) is 14.1. The Hall–Kier alpha value is -1.15. The predicted octanol–water partition coefficient (Wildman–Crippen LogP) is 1.99. The number of carbonyl (C=O) groups excluding carboxylic acids is 1. The summed E-state index contributed by atoms with van der Waals surface area (Å²) in [5.41, 5.74) is 7.46. The van der Waals surface area contributed by atoms with Gasteiger partial charge < -0.3 is 11.1 Å². The second-order valence-electron chi connectivity index (χ2n) is 7.19. The van der Waals surface area contributed by atoms with Crippen LogP contribution in [0.15, 0.2) is 24.3 Å². The van der Waals surface area contributed by atoms with E-state index < -0.39 is 10.0 Å². The number of halogens is 1. The third-order valence-corrected chi connectivity index (χ3v) is 6.08. The van der Waals surface area contributed by atoms with E-state index in [1.807, 2.05) is 0 Å². The molecule has 2 saturated carbocycles. The molecule has 1 aromatic rings. The molecule has 3 rings (SSSR count). The Labute approximate surface area is 155 Å². The van der Waals surface area contributed by atoms with Gasteiger partial charge in [0, 0.05) is 17.6 Å². The fraction of sp³-hybridized carbons (Fsp3) is 0.588. The Kier molecular flexibility index (Phi) is 6.48. The molecule has 0 spiro atoms. The summed E-state index contributed by atoms with van der Waals surface area (Å²) in [5.74, 6) is 0.650. The molecule has 0 heterocycles. The molecular formula is C17H26ClN3O3S. The quantitative estimate of drug-likeness (QED) is 0.732. The van der Waals surface area contributed by atoms with Crippen molar-refractivity contribution in [3.05, 3.63) is 29.8 Å². The number of fused-ring (bicyclic) bond motifs is 2. The van der Waals surface area contributed by atoms with Gasteiger partial charge in [0.15, 0.2) is 0 Å². The van der Waals surface area contributed by atoms with Gasteiger partial charge in [0.1, 0.15) is 0 Å². The van der Waals surface area contributed by atoms with Crippen LogP contribution < -0.4 is 16.2 Å². The minimum absolute atomic E-state index is 0. The number of carbonyl (C=O) groups is 1. The molecule has 0 aromatic heterocycles. The van der Waals surface area contributed by atoms with Gasteiger partial charge in [-0.3, -0.25) is 4.79 Å². The topological polar surface area (TPSA) is 115 Å². The lowest BCUT2D eigenvalue weighted by Crippen LogP contribution is -2.48. The summed E-state index contributed by atoms with van der Waals surface area (Å²) in [7, 11) is -3.59. The number of rotatable bonds is 4. The van der Waals surface area contributed by atoms with Crippen LogP contribution in [0.2, 0.25) is 0 Å². The third-order valence-electron chi connectivity index (χ3n) is 5.35. The van der Waals surface area contributed by atoms with Gasteiger partial charge in [-0.15, -0.1) is 12.4 Å². The highest BCUT2D eigenvalue weighted by molar-refractivity contribution is 7.88. The lowest BCUT2D eigenvalue weighted by atomic mass is 9.65. The number of hydrogen-bond donors (Lipinski definition) is 3. The number of amides is 1. The zero-order valence-corrected chi connectivity index (χ0v) is 15.7. The molecule has 140 valence electrons. The molecule has 2 aliphatic carbocycles. The van der Waals surface area contributed by atoms with Crippen LogP contribution in [0.4, 0.5) is 5.69 Å². The van der Waals surface area contributed by atoms with Gasteiger partial charge in [0.05, 0.1) is 5.75 Å². The van der Waals surface area contributed by atoms with Crippen molar-refractivity contribution in [3.63, 3.8) is 0 Å². The Morgan fingerprint density at radius 3 is 2.44 bits per heavy atom. The average molecular weight is 388 g/mol. The maximum absolute atomic E-state index is 12.6. The first-order chi connectivity index (χ1) is 11.3. The normalized spacial score (nSPS) is 28.7. The minimum Gasteiger partial charge on any atom is -0.327 e. The van der Waals surface area contributed by atoms with Crippen LogP contribution >= 0.6 is 12.4 Å². The minimum atomic E-state index is -3.59. The molecule has 0 aliphatic heterocycles. The lowest BCUT2D eigenvalue weighted by Gasteiger charge is -2.43. The van der Waals surface area contributed by atoms with Gasteiger partial charge >= 0.3 is 0 Å². The molecule has 2 unspecified atom stereocenters. The van der Waals surface area contributed by atoms with E-state index in [9.17, 15) is 13.2 Å². The fourth-order valence-electron chi connectivity index (χ4n) is 4.22. The molecular weight excluding hydrogens is 362 g/mol. The van der Waals surface area contributed by atoms with Gasteiger partial charge in [-0.1, -0.05) is 18.6 Å². The second kappa shape index (κ2) is 8.03. The fourth-order valence-corrected chi connectivity index (χ4v) is 4.86. The number of benzene rings is 1. The maximum Gasteiger partial charge on any atom is 0.227 e. The number of nitrogens with one attached hydrogen (secondary N) is 1. The molecule has 0 radical (unpaired) electrons. The van der Waals surface area contributed by atoms with Crippen molar-refractivity contribution >= 4 is 34.0 Å².